The van der Waals surface area contributed by atoms with Crippen LogP contribution < -0.4 is 0 Å². The Balaban J connectivity index is 1.52. The molecule has 2 aromatic heterocycles. The van der Waals surface area contributed by atoms with Gasteiger partial charge in [-0.1, -0.05) is 0 Å². The van der Waals surface area contributed by atoms with Gasteiger partial charge in [0.1, 0.15) is 0 Å². The van der Waals surface area contributed by atoms with Gasteiger partial charge < -0.3 is 4.90 Å². The van der Waals surface area contributed by atoms with Crippen molar-refractivity contribution < 1.29 is 4.79 Å². The Morgan fingerprint density at radius 3 is 2.95 bits per heavy atom. The molecule has 1 fully saturated rings. The summed E-state index contributed by atoms with van der Waals surface area (Å²) in [5.41, 5.74) is 3.89. The summed E-state index contributed by atoms with van der Waals surface area (Å²) in [6, 6.07) is 0. The van der Waals surface area contributed by atoms with Crippen LogP contribution in [0.2, 0.25) is 0 Å². The molecule has 0 radical (unpaired) electrons. The van der Waals surface area contributed by atoms with E-state index in [0.29, 0.717) is 6.42 Å². The molecule has 22 heavy (non-hydrogen) atoms. The highest BCUT2D eigenvalue weighted by Gasteiger charge is 2.20. The third-order valence-electron chi connectivity index (χ3n) is 3.92. The van der Waals surface area contributed by atoms with E-state index in [9.17, 15) is 4.79 Å². The maximum atomic E-state index is 12.3. The number of carbonyl (C=O) groups excluding carboxylic acids is 1. The number of aromatic nitrogens is 3. The second-order valence-electron chi connectivity index (χ2n) is 5.69. The van der Waals surface area contributed by atoms with Gasteiger partial charge >= 0.3 is 0 Å². The summed E-state index contributed by atoms with van der Waals surface area (Å²) in [5.74, 6) is 0.189. The van der Waals surface area contributed by atoms with Crippen LogP contribution in [0.4, 0.5) is 0 Å². The summed E-state index contributed by atoms with van der Waals surface area (Å²) < 4.78 is 1.83. The van der Waals surface area contributed by atoms with Gasteiger partial charge in [0, 0.05) is 56.9 Å². The predicted molar refractivity (Wildman–Crippen MR) is 85.5 cm³/mol. The van der Waals surface area contributed by atoms with Crippen molar-refractivity contribution >= 4 is 17.2 Å². The van der Waals surface area contributed by atoms with Gasteiger partial charge in [0.05, 0.1) is 23.8 Å². The zero-order chi connectivity index (χ0) is 15.4. The summed E-state index contributed by atoms with van der Waals surface area (Å²) in [4.78, 5) is 20.9. The van der Waals surface area contributed by atoms with Crippen LogP contribution in [0.1, 0.15) is 17.7 Å². The smallest absolute Gasteiger partial charge is 0.228 e. The molecular weight excluding hydrogens is 298 g/mol. The van der Waals surface area contributed by atoms with E-state index in [4.69, 9.17) is 0 Å². The molecule has 0 atom stereocenters. The Morgan fingerprint density at radius 1 is 1.32 bits per heavy atom. The molecule has 0 unspecified atom stereocenters. The van der Waals surface area contributed by atoms with Crippen LogP contribution in [0, 0.1) is 0 Å². The minimum atomic E-state index is 0.189. The maximum absolute atomic E-state index is 12.3. The Bertz CT molecular complexity index is 609. The van der Waals surface area contributed by atoms with E-state index in [-0.39, 0.29) is 5.91 Å². The first-order chi connectivity index (χ1) is 10.7. The van der Waals surface area contributed by atoms with Gasteiger partial charge in [-0.3, -0.25) is 14.4 Å². The molecule has 0 saturated carbocycles. The SMILES string of the molecule is Cn1cc(CN2CCCN(C(=O)Cc3cscn3)CC2)cn1. The Morgan fingerprint density at radius 2 is 2.23 bits per heavy atom. The van der Waals surface area contributed by atoms with E-state index < -0.39 is 0 Å². The van der Waals surface area contributed by atoms with Crippen molar-refractivity contribution in [3.8, 4) is 0 Å². The Labute approximate surface area is 134 Å². The van der Waals surface area contributed by atoms with Crippen molar-refractivity contribution in [3.05, 3.63) is 34.5 Å². The van der Waals surface area contributed by atoms with Gasteiger partial charge in [0.2, 0.25) is 5.91 Å². The lowest BCUT2D eigenvalue weighted by Crippen LogP contribution is -2.36. The number of carbonyl (C=O) groups is 1. The normalized spacial score (nSPS) is 16.7. The zero-order valence-electron chi connectivity index (χ0n) is 12.8. The molecule has 0 aliphatic carbocycles. The van der Waals surface area contributed by atoms with Crippen molar-refractivity contribution in [2.75, 3.05) is 26.2 Å². The van der Waals surface area contributed by atoms with Crippen molar-refractivity contribution in [2.24, 2.45) is 7.05 Å². The van der Waals surface area contributed by atoms with Crippen molar-refractivity contribution in [2.45, 2.75) is 19.4 Å². The van der Waals surface area contributed by atoms with E-state index in [1.165, 1.54) is 16.9 Å². The minimum absolute atomic E-state index is 0.189. The fraction of sp³-hybridized carbons (Fsp3) is 0.533. The highest BCUT2D eigenvalue weighted by Crippen LogP contribution is 2.10. The van der Waals surface area contributed by atoms with Crippen LogP contribution in [-0.4, -0.2) is 56.7 Å². The molecule has 0 bridgehead atoms. The fourth-order valence-electron chi connectivity index (χ4n) is 2.78. The zero-order valence-corrected chi connectivity index (χ0v) is 13.6. The van der Waals surface area contributed by atoms with Crippen LogP contribution in [0.15, 0.2) is 23.3 Å². The molecule has 3 heterocycles. The van der Waals surface area contributed by atoms with E-state index >= 15 is 0 Å². The van der Waals surface area contributed by atoms with Gasteiger partial charge in [0.25, 0.3) is 0 Å². The molecule has 0 spiro atoms. The van der Waals surface area contributed by atoms with Crippen molar-refractivity contribution in [1.29, 1.82) is 0 Å². The number of thiazole rings is 1. The number of amides is 1. The first-order valence-corrected chi connectivity index (χ1v) is 8.50. The summed E-state index contributed by atoms with van der Waals surface area (Å²) in [6.07, 6.45) is 5.40. The largest absolute Gasteiger partial charge is 0.341 e. The van der Waals surface area contributed by atoms with E-state index in [1.54, 1.807) is 5.51 Å². The van der Waals surface area contributed by atoms with Gasteiger partial charge in [-0.05, 0) is 6.42 Å². The number of hydrogen-bond donors (Lipinski definition) is 0. The molecule has 0 N–H and O–H groups in total. The number of nitrogens with zero attached hydrogens (tertiary/aromatic N) is 5. The highest BCUT2D eigenvalue weighted by atomic mass is 32.1. The van der Waals surface area contributed by atoms with Crippen molar-refractivity contribution in [1.82, 2.24) is 24.6 Å². The standard InChI is InChI=1S/C15H21N5OS/c1-18-9-13(8-17-18)10-19-3-2-4-20(6-5-19)15(21)7-14-11-22-12-16-14/h8-9,11-12H,2-7,10H2,1H3. The second kappa shape index (κ2) is 7.02. The van der Waals surface area contributed by atoms with Crippen molar-refractivity contribution in [3.63, 3.8) is 0 Å². The monoisotopic (exact) mass is 319 g/mol. The van der Waals surface area contributed by atoms with Crippen LogP contribution in [0.5, 0.6) is 0 Å². The lowest BCUT2D eigenvalue weighted by atomic mass is 10.3. The average molecular weight is 319 g/mol. The summed E-state index contributed by atoms with van der Waals surface area (Å²) in [7, 11) is 1.94. The minimum Gasteiger partial charge on any atom is -0.341 e. The van der Waals surface area contributed by atoms with Crippen LogP contribution in [0.3, 0.4) is 0 Å². The third-order valence-corrected chi connectivity index (χ3v) is 4.56. The molecule has 6 nitrogen and oxygen atoms in total. The van der Waals surface area contributed by atoms with E-state index in [2.05, 4.69) is 21.2 Å². The molecule has 2 aromatic rings. The first kappa shape index (κ1) is 15.2. The molecular formula is C15H21N5OS. The van der Waals surface area contributed by atoms with E-state index in [0.717, 1.165) is 44.8 Å². The van der Waals surface area contributed by atoms with Gasteiger partial charge in [-0.2, -0.15) is 5.10 Å². The number of rotatable bonds is 4. The quantitative estimate of drug-likeness (QED) is 0.848. The maximum Gasteiger partial charge on any atom is 0.228 e. The Kier molecular flexibility index (Phi) is 4.84. The lowest BCUT2D eigenvalue weighted by molar-refractivity contribution is -0.130. The predicted octanol–water partition coefficient (Wildman–Crippen LogP) is 1.15. The fourth-order valence-corrected chi connectivity index (χ4v) is 3.34. The molecule has 7 heteroatoms. The average Bonchev–Trinajstić information content (AvgIpc) is 3.07. The highest BCUT2D eigenvalue weighted by molar-refractivity contribution is 7.07. The Hall–Kier alpha value is -1.73. The first-order valence-electron chi connectivity index (χ1n) is 7.55. The molecule has 1 aliphatic heterocycles. The molecule has 1 amide bonds. The molecule has 118 valence electrons. The van der Waals surface area contributed by atoms with Crippen LogP contribution >= 0.6 is 11.3 Å². The summed E-state index contributed by atoms with van der Waals surface area (Å²) >= 11 is 1.54. The van der Waals surface area contributed by atoms with Gasteiger partial charge in [-0.15, -0.1) is 11.3 Å². The molecule has 1 aliphatic rings. The van der Waals surface area contributed by atoms with Crippen LogP contribution in [0.25, 0.3) is 0 Å². The molecule has 1 saturated heterocycles. The molecule has 0 aromatic carbocycles. The lowest BCUT2D eigenvalue weighted by Gasteiger charge is -2.21. The summed E-state index contributed by atoms with van der Waals surface area (Å²) in [5, 5.41) is 6.16. The topological polar surface area (TPSA) is 54.3 Å². The molecule has 3 rings (SSSR count). The van der Waals surface area contributed by atoms with Crippen LogP contribution in [-0.2, 0) is 24.8 Å². The second-order valence-corrected chi connectivity index (χ2v) is 6.41. The van der Waals surface area contributed by atoms with E-state index in [1.807, 2.05) is 28.2 Å². The number of aryl methyl sites for hydroxylation is 1. The summed E-state index contributed by atoms with van der Waals surface area (Å²) in [6.45, 7) is 4.48. The number of hydrogen-bond acceptors (Lipinski definition) is 5. The third kappa shape index (κ3) is 3.92. The van der Waals surface area contributed by atoms with Gasteiger partial charge in [0.15, 0.2) is 0 Å². The van der Waals surface area contributed by atoms with Gasteiger partial charge in [-0.25, -0.2) is 4.98 Å².